The molecule has 0 amide bonds. The Morgan fingerprint density at radius 2 is 1.94 bits per heavy atom. The van der Waals surface area contributed by atoms with E-state index in [-0.39, 0.29) is 0 Å². The maximum Gasteiger partial charge on any atom is 0.0977 e. The maximum absolute atomic E-state index is 9.46. The van der Waals surface area contributed by atoms with Crippen LogP contribution in [0.2, 0.25) is 0 Å². The monoisotopic (exact) mass is 236 g/mol. The average molecular weight is 236 g/mol. The Hall–Kier alpha value is -1.16. The molecule has 17 heavy (non-hydrogen) atoms. The van der Waals surface area contributed by atoms with Gasteiger partial charge in [0.05, 0.1) is 18.8 Å². The predicted molar refractivity (Wildman–Crippen MR) is 67.5 cm³/mol. The predicted octanol–water partition coefficient (Wildman–Crippen LogP) is 1.89. The minimum atomic E-state index is -0.843. The Morgan fingerprint density at radius 1 is 1.24 bits per heavy atom. The molecule has 94 valence electrons. The first-order valence-corrected chi connectivity index (χ1v) is 5.84. The third-order valence-electron chi connectivity index (χ3n) is 2.54. The van der Waals surface area contributed by atoms with Crippen LogP contribution in [-0.2, 0) is 11.3 Å². The van der Waals surface area contributed by atoms with Gasteiger partial charge in [0.25, 0.3) is 0 Å². The van der Waals surface area contributed by atoms with E-state index in [4.69, 9.17) is 4.74 Å². The first kappa shape index (κ1) is 13.9. The fraction of sp³-hybridized carbons (Fsp3) is 0.429. The van der Waals surface area contributed by atoms with Crippen LogP contribution in [0.1, 0.15) is 18.4 Å². The van der Waals surface area contributed by atoms with Gasteiger partial charge in [0.15, 0.2) is 0 Å². The van der Waals surface area contributed by atoms with Crippen molar-refractivity contribution in [3.05, 3.63) is 48.6 Å². The van der Waals surface area contributed by atoms with E-state index in [1.807, 2.05) is 30.3 Å². The molecule has 1 aromatic rings. The van der Waals surface area contributed by atoms with E-state index in [2.05, 4.69) is 6.58 Å². The molecule has 2 atom stereocenters. The van der Waals surface area contributed by atoms with Gasteiger partial charge in [0.2, 0.25) is 0 Å². The van der Waals surface area contributed by atoms with Gasteiger partial charge in [-0.15, -0.1) is 6.58 Å². The van der Waals surface area contributed by atoms with Crippen molar-refractivity contribution in [1.29, 1.82) is 0 Å². The molecule has 0 aliphatic rings. The van der Waals surface area contributed by atoms with Crippen LogP contribution in [0.25, 0.3) is 0 Å². The van der Waals surface area contributed by atoms with Gasteiger partial charge in [-0.3, -0.25) is 0 Å². The number of ether oxygens (including phenoxy) is 1. The summed E-state index contributed by atoms with van der Waals surface area (Å²) in [6, 6.07) is 9.94. The Balaban J connectivity index is 2.07. The summed E-state index contributed by atoms with van der Waals surface area (Å²) in [7, 11) is 0. The molecular formula is C14H20O3. The highest BCUT2D eigenvalue weighted by Gasteiger charge is 2.11. The lowest BCUT2D eigenvalue weighted by atomic mass is 10.1. The highest BCUT2D eigenvalue weighted by atomic mass is 16.5. The second-order valence-electron chi connectivity index (χ2n) is 3.97. The standard InChI is InChI=1S/C14H20O3/c1-2-13(15)14(16)9-6-10-17-11-12-7-4-3-5-8-12/h2-5,7-8,13-16H,1,6,9-11H2/t13-,14-/m1/s1. The molecule has 0 radical (unpaired) electrons. The van der Waals surface area contributed by atoms with Crippen molar-refractivity contribution < 1.29 is 14.9 Å². The molecule has 0 aliphatic heterocycles. The van der Waals surface area contributed by atoms with Gasteiger partial charge in [-0.05, 0) is 18.4 Å². The van der Waals surface area contributed by atoms with Gasteiger partial charge in [-0.25, -0.2) is 0 Å². The lowest BCUT2D eigenvalue weighted by Crippen LogP contribution is -2.23. The lowest BCUT2D eigenvalue weighted by molar-refractivity contribution is 0.0324. The SMILES string of the molecule is C=C[C@@H](O)[C@H](O)CCCOCc1ccccc1. The maximum atomic E-state index is 9.46. The van der Waals surface area contributed by atoms with Crippen molar-refractivity contribution in [2.45, 2.75) is 31.7 Å². The quantitative estimate of drug-likeness (QED) is 0.535. The largest absolute Gasteiger partial charge is 0.390 e. The molecule has 3 nitrogen and oxygen atoms in total. The lowest BCUT2D eigenvalue weighted by Gasteiger charge is -2.13. The van der Waals surface area contributed by atoms with Crippen molar-refractivity contribution in [3.8, 4) is 0 Å². The minimum absolute atomic E-state index is 0.516. The van der Waals surface area contributed by atoms with Crippen LogP contribution in [0.3, 0.4) is 0 Å². The Bertz CT molecular complexity index is 311. The molecule has 1 rings (SSSR count). The van der Waals surface area contributed by atoms with Crippen LogP contribution < -0.4 is 0 Å². The smallest absolute Gasteiger partial charge is 0.0977 e. The number of aliphatic hydroxyl groups is 2. The summed E-state index contributed by atoms with van der Waals surface area (Å²) in [6.45, 7) is 4.59. The Morgan fingerprint density at radius 3 is 2.59 bits per heavy atom. The topological polar surface area (TPSA) is 49.7 Å². The second-order valence-corrected chi connectivity index (χ2v) is 3.97. The van der Waals surface area contributed by atoms with Crippen LogP contribution in [0.15, 0.2) is 43.0 Å². The molecule has 0 saturated heterocycles. The Kier molecular flexibility index (Phi) is 6.55. The molecule has 0 saturated carbocycles. The summed E-state index contributed by atoms with van der Waals surface area (Å²) >= 11 is 0. The van der Waals surface area contributed by atoms with Gasteiger partial charge in [-0.1, -0.05) is 36.4 Å². The molecule has 0 bridgehead atoms. The third-order valence-corrected chi connectivity index (χ3v) is 2.54. The van der Waals surface area contributed by atoms with E-state index in [1.54, 1.807) is 0 Å². The van der Waals surface area contributed by atoms with Crippen molar-refractivity contribution in [3.63, 3.8) is 0 Å². The zero-order valence-electron chi connectivity index (χ0n) is 9.96. The van der Waals surface area contributed by atoms with E-state index in [9.17, 15) is 10.2 Å². The van der Waals surface area contributed by atoms with Gasteiger partial charge in [0.1, 0.15) is 0 Å². The van der Waals surface area contributed by atoms with Crippen LogP contribution in [0.5, 0.6) is 0 Å². The van der Waals surface area contributed by atoms with Crippen LogP contribution >= 0.6 is 0 Å². The molecule has 1 aromatic carbocycles. The zero-order valence-corrected chi connectivity index (χ0v) is 9.96. The molecule has 0 unspecified atom stereocenters. The van der Waals surface area contributed by atoms with E-state index < -0.39 is 12.2 Å². The van der Waals surface area contributed by atoms with Crippen LogP contribution in [-0.4, -0.2) is 29.0 Å². The number of hydrogen-bond acceptors (Lipinski definition) is 3. The molecule has 3 heteroatoms. The summed E-state index contributed by atoms with van der Waals surface area (Å²) in [5, 5.41) is 18.7. The highest BCUT2D eigenvalue weighted by molar-refractivity contribution is 5.13. The number of rotatable bonds is 8. The fourth-order valence-electron chi connectivity index (χ4n) is 1.49. The van der Waals surface area contributed by atoms with E-state index in [0.717, 1.165) is 12.0 Å². The van der Waals surface area contributed by atoms with Gasteiger partial charge in [-0.2, -0.15) is 0 Å². The summed E-state index contributed by atoms with van der Waals surface area (Å²) < 4.78 is 5.46. The van der Waals surface area contributed by atoms with Gasteiger partial charge < -0.3 is 14.9 Å². The zero-order chi connectivity index (χ0) is 12.5. The van der Waals surface area contributed by atoms with Crippen molar-refractivity contribution in [1.82, 2.24) is 0 Å². The fourth-order valence-corrected chi connectivity index (χ4v) is 1.49. The molecule has 0 spiro atoms. The molecule has 0 aromatic heterocycles. The van der Waals surface area contributed by atoms with E-state index in [1.165, 1.54) is 6.08 Å². The van der Waals surface area contributed by atoms with Gasteiger partial charge >= 0.3 is 0 Å². The minimum Gasteiger partial charge on any atom is -0.390 e. The number of hydrogen-bond donors (Lipinski definition) is 2. The first-order valence-electron chi connectivity index (χ1n) is 5.84. The summed E-state index contributed by atoms with van der Waals surface area (Å²) in [5.41, 5.74) is 1.14. The van der Waals surface area contributed by atoms with Crippen molar-refractivity contribution in [2.75, 3.05) is 6.61 Å². The number of aliphatic hydroxyl groups excluding tert-OH is 2. The van der Waals surface area contributed by atoms with E-state index >= 15 is 0 Å². The van der Waals surface area contributed by atoms with Gasteiger partial charge in [0, 0.05) is 6.61 Å². The highest BCUT2D eigenvalue weighted by Crippen LogP contribution is 2.05. The van der Waals surface area contributed by atoms with Crippen molar-refractivity contribution >= 4 is 0 Å². The van der Waals surface area contributed by atoms with Crippen LogP contribution in [0.4, 0.5) is 0 Å². The van der Waals surface area contributed by atoms with E-state index in [0.29, 0.717) is 19.6 Å². The number of benzene rings is 1. The molecular weight excluding hydrogens is 216 g/mol. The molecule has 0 aliphatic carbocycles. The summed E-state index contributed by atoms with van der Waals surface area (Å²) in [4.78, 5) is 0. The normalized spacial score (nSPS) is 14.2. The second kappa shape index (κ2) is 8.01. The van der Waals surface area contributed by atoms with Crippen LogP contribution in [0, 0.1) is 0 Å². The average Bonchev–Trinajstić information content (AvgIpc) is 2.38. The van der Waals surface area contributed by atoms with Crippen molar-refractivity contribution in [2.24, 2.45) is 0 Å². The first-order chi connectivity index (χ1) is 8.24. The molecule has 0 heterocycles. The summed E-state index contributed by atoms with van der Waals surface area (Å²) in [5.74, 6) is 0. The summed E-state index contributed by atoms with van der Waals surface area (Å²) in [6.07, 6.45) is 0.994. The molecule has 0 fully saturated rings. The molecule has 2 N–H and O–H groups in total. The Labute approximate surface area is 102 Å². The third kappa shape index (κ3) is 5.63.